The van der Waals surface area contributed by atoms with Gasteiger partial charge in [-0.25, -0.2) is 4.39 Å². The molecule has 0 aliphatic carbocycles. The van der Waals surface area contributed by atoms with Gasteiger partial charge in [0.1, 0.15) is 17.1 Å². The highest BCUT2D eigenvalue weighted by atomic mass is 19.1. The van der Waals surface area contributed by atoms with Crippen molar-refractivity contribution in [2.45, 2.75) is 58.3 Å². The van der Waals surface area contributed by atoms with Crippen molar-refractivity contribution in [2.75, 3.05) is 6.54 Å². The number of amides is 1. The smallest absolute Gasteiger partial charge is 0.258 e. The van der Waals surface area contributed by atoms with Crippen LogP contribution < -0.4 is 5.32 Å². The molecule has 0 radical (unpaired) electrons. The molecule has 1 rings (SSSR count). The molecule has 118 valence electrons. The molecule has 0 saturated carbocycles. The van der Waals surface area contributed by atoms with E-state index >= 15 is 0 Å². The summed E-state index contributed by atoms with van der Waals surface area (Å²) in [5.74, 6) is -1.56. The van der Waals surface area contributed by atoms with Gasteiger partial charge >= 0.3 is 0 Å². The van der Waals surface area contributed by atoms with Gasteiger partial charge in [-0.2, -0.15) is 0 Å². The van der Waals surface area contributed by atoms with Crippen molar-refractivity contribution in [1.29, 1.82) is 0 Å². The zero-order chi connectivity index (χ0) is 15.5. The third-order valence-electron chi connectivity index (χ3n) is 3.53. The number of hydrogen-bond acceptors (Lipinski definition) is 2. The van der Waals surface area contributed by atoms with Crippen LogP contribution in [0.15, 0.2) is 18.2 Å². The molecule has 0 spiro atoms. The molecule has 1 aromatic rings. The maximum atomic E-state index is 13.5. The first-order chi connectivity index (χ1) is 10.2. The van der Waals surface area contributed by atoms with Crippen molar-refractivity contribution in [3.8, 4) is 5.75 Å². The summed E-state index contributed by atoms with van der Waals surface area (Å²) in [5.41, 5.74) is -0.267. The van der Waals surface area contributed by atoms with Crippen LogP contribution in [-0.4, -0.2) is 17.6 Å². The van der Waals surface area contributed by atoms with Gasteiger partial charge in [0, 0.05) is 6.54 Å². The van der Waals surface area contributed by atoms with Crippen LogP contribution in [-0.2, 0) is 0 Å². The predicted molar refractivity (Wildman–Crippen MR) is 83.0 cm³/mol. The van der Waals surface area contributed by atoms with E-state index < -0.39 is 11.7 Å². The van der Waals surface area contributed by atoms with Gasteiger partial charge in [-0.3, -0.25) is 4.79 Å². The molecule has 0 bridgehead atoms. The monoisotopic (exact) mass is 295 g/mol. The summed E-state index contributed by atoms with van der Waals surface area (Å²) in [6.07, 6.45) is 9.51. The summed E-state index contributed by atoms with van der Waals surface area (Å²) in [6.45, 7) is 2.72. The van der Waals surface area contributed by atoms with E-state index in [1.54, 1.807) is 0 Å². The fourth-order valence-corrected chi connectivity index (χ4v) is 2.29. The number of phenols is 1. The number of hydrogen-bond donors (Lipinski definition) is 2. The number of benzene rings is 1. The van der Waals surface area contributed by atoms with Crippen molar-refractivity contribution >= 4 is 5.91 Å². The van der Waals surface area contributed by atoms with Gasteiger partial charge in [-0.15, -0.1) is 0 Å². The number of aromatic hydroxyl groups is 1. The summed E-state index contributed by atoms with van der Waals surface area (Å²) < 4.78 is 13.5. The molecule has 4 heteroatoms. The molecule has 0 fully saturated rings. The highest BCUT2D eigenvalue weighted by Gasteiger charge is 2.15. The van der Waals surface area contributed by atoms with Gasteiger partial charge in [-0.1, -0.05) is 57.9 Å². The van der Waals surface area contributed by atoms with Gasteiger partial charge in [0.2, 0.25) is 0 Å². The number of carbonyl (C=O) groups is 1. The third-order valence-corrected chi connectivity index (χ3v) is 3.53. The lowest BCUT2D eigenvalue weighted by molar-refractivity contribution is 0.0946. The number of rotatable bonds is 10. The summed E-state index contributed by atoms with van der Waals surface area (Å²) in [7, 11) is 0. The van der Waals surface area contributed by atoms with Crippen LogP contribution in [0, 0.1) is 5.82 Å². The molecular formula is C17H26FNO2. The maximum absolute atomic E-state index is 13.5. The van der Waals surface area contributed by atoms with Gasteiger partial charge < -0.3 is 10.4 Å². The van der Waals surface area contributed by atoms with Gasteiger partial charge in [0.25, 0.3) is 5.91 Å². The van der Waals surface area contributed by atoms with Crippen molar-refractivity contribution in [3.05, 3.63) is 29.6 Å². The highest BCUT2D eigenvalue weighted by Crippen LogP contribution is 2.19. The molecule has 0 unspecified atom stereocenters. The second-order valence-corrected chi connectivity index (χ2v) is 5.36. The summed E-state index contributed by atoms with van der Waals surface area (Å²) in [4.78, 5) is 11.8. The Morgan fingerprint density at radius 1 is 1.10 bits per heavy atom. The van der Waals surface area contributed by atoms with Crippen LogP contribution in [0.5, 0.6) is 5.75 Å². The number of nitrogens with one attached hydrogen (secondary N) is 1. The quantitative estimate of drug-likeness (QED) is 0.628. The SMILES string of the molecule is CCCCCCCCCCNC(=O)c1c(O)cccc1F. The minimum Gasteiger partial charge on any atom is -0.507 e. The highest BCUT2D eigenvalue weighted by molar-refractivity contribution is 5.97. The van der Waals surface area contributed by atoms with Gasteiger partial charge in [0.05, 0.1) is 0 Å². The Morgan fingerprint density at radius 2 is 1.71 bits per heavy atom. The van der Waals surface area contributed by atoms with E-state index in [2.05, 4.69) is 12.2 Å². The van der Waals surface area contributed by atoms with Crippen LogP contribution in [0.1, 0.15) is 68.6 Å². The zero-order valence-electron chi connectivity index (χ0n) is 12.8. The van der Waals surface area contributed by atoms with Crippen LogP contribution >= 0.6 is 0 Å². The average molecular weight is 295 g/mol. The Bertz CT molecular complexity index is 415. The Morgan fingerprint density at radius 3 is 2.33 bits per heavy atom. The molecule has 1 aromatic carbocycles. The normalized spacial score (nSPS) is 10.6. The van der Waals surface area contributed by atoms with E-state index in [0.717, 1.165) is 12.8 Å². The number of phenolic OH excluding ortho intramolecular Hbond substituents is 1. The predicted octanol–water partition coefficient (Wildman–Crippen LogP) is 4.40. The molecule has 3 nitrogen and oxygen atoms in total. The topological polar surface area (TPSA) is 49.3 Å². The fraction of sp³-hybridized carbons (Fsp3) is 0.588. The van der Waals surface area contributed by atoms with E-state index in [1.807, 2.05) is 0 Å². The molecule has 2 N–H and O–H groups in total. The van der Waals surface area contributed by atoms with Crippen molar-refractivity contribution in [3.63, 3.8) is 0 Å². The molecule has 0 atom stereocenters. The Balaban J connectivity index is 2.14. The Labute approximate surface area is 126 Å². The van der Waals surface area contributed by atoms with Crippen LogP contribution in [0.2, 0.25) is 0 Å². The summed E-state index contributed by atoms with van der Waals surface area (Å²) in [6, 6.07) is 3.86. The average Bonchev–Trinajstić information content (AvgIpc) is 2.45. The molecule has 0 aliphatic heterocycles. The van der Waals surface area contributed by atoms with E-state index in [4.69, 9.17) is 0 Å². The Kier molecular flexibility index (Phi) is 8.48. The molecule has 21 heavy (non-hydrogen) atoms. The lowest BCUT2D eigenvalue weighted by atomic mass is 10.1. The van der Waals surface area contributed by atoms with Crippen molar-refractivity contribution < 1.29 is 14.3 Å². The van der Waals surface area contributed by atoms with Gasteiger partial charge in [0.15, 0.2) is 0 Å². The van der Waals surface area contributed by atoms with Crippen molar-refractivity contribution in [1.82, 2.24) is 5.32 Å². The number of halogens is 1. The lowest BCUT2D eigenvalue weighted by Gasteiger charge is -2.07. The first kappa shape index (κ1) is 17.5. The van der Waals surface area contributed by atoms with Crippen LogP contribution in [0.3, 0.4) is 0 Å². The molecular weight excluding hydrogens is 269 g/mol. The standard InChI is InChI=1S/C17H26FNO2/c1-2-3-4-5-6-7-8-9-13-19-17(21)16-14(18)11-10-12-15(16)20/h10-12,20H,2-9,13H2,1H3,(H,19,21). The van der Waals surface area contributed by atoms with E-state index in [1.165, 1.54) is 56.7 Å². The van der Waals surface area contributed by atoms with E-state index in [9.17, 15) is 14.3 Å². The van der Waals surface area contributed by atoms with E-state index in [0.29, 0.717) is 6.54 Å². The minimum atomic E-state index is -0.691. The first-order valence-electron chi connectivity index (χ1n) is 7.92. The van der Waals surface area contributed by atoms with Gasteiger partial charge in [-0.05, 0) is 18.6 Å². The first-order valence-corrected chi connectivity index (χ1v) is 7.92. The lowest BCUT2D eigenvalue weighted by Crippen LogP contribution is -2.25. The largest absolute Gasteiger partial charge is 0.507 e. The summed E-state index contributed by atoms with van der Waals surface area (Å²) in [5, 5.41) is 12.2. The maximum Gasteiger partial charge on any atom is 0.258 e. The molecule has 1 amide bonds. The molecule has 0 aromatic heterocycles. The van der Waals surface area contributed by atoms with Crippen molar-refractivity contribution in [2.24, 2.45) is 0 Å². The second-order valence-electron chi connectivity index (χ2n) is 5.36. The second kappa shape index (κ2) is 10.2. The zero-order valence-corrected chi connectivity index (χ0v) is 12.8. The number of unbranched alkanes of at least 4 members (excludes halogenated alkanes) is 7. The van der Waals surface area contributed by atoms with Crippen LogP contribution in [0.4, 0.5) is 4.39 Å². The number of carbonyl (C=O) groups excluding carboxylic acids is 1. The van der Waals surface area contributed by atoms with E-state index in [-0.39, 0.29) is 11.3 Å². The minimum absolute atomic E-state index is 0.267. The molecule has 0 heterocycles. The van der Waals surface area contributed by atoms with Crippen LogP contribution in [0.25, 0.3) is 0 Å². The Hall–Kier alpha value is -1.58. The third kappa shape index (κ3) is 6.61. The molecule has 0 aliphatic rings. The summed E-state index contributed by atoms with van der Waals surface area (Å²) >= 11 is 0. The fourth-order valence-electron chi connectivity index (χ4n) is 2.29. The molecule has 0 saturated heterocycles.